The lowest BCUT2D eigenvalue weighted by Gasteiger charge is -2.72. The summed E-state index contributed by atoms with van der Waals surface area (Å²) in [5, 5.41) is 26.7. The largest absolute Gasteiger partial charge is 0.481 e. The fraction of sp³-hybridized carbons (Fsp3) is 0.750. The van der Waals surface area contributed by atoms with Gasteiger partial charge in [-0.1, -0.05) is 79.5 Å². The Bertz CT molecular complexity index is 1950. The number of amides is 1. The van der Waals surface area contributed by atoms with E-state index in [1.807, 2.05) is 27.7 Å². The van der Waals surface area contributed by atoms with E-state index in [0.29, 0.717) is 29.7 Å². The molecular formula is C48H67ClF2N2O7. The number of carboxylic acids is 1. The number of carbonyl (C=O) groups excluding carboxylic acids is 3. The van der Waals surface area contributed by atoms with Crippen molar-refractivity contribution in [1.29, 1.82) is 0 Å². The molecular weight excluding hydrogens is 790 g/mol. The van der Waals surface area contributed by atoms with E-state index in [1.165, 1.54) is 24.3 Å². The van der Waals surface area contributed by atoms with Crippen molar-refractivity contribution in [2.24, 2.45) is 68.0 Å². The summed E-state index contributed by atoms with van der Waals surface area (Å²) in [7, 11) is 0. The predicted octanol–water partition coefficient (Wildman–Crippen LogP) is 9.25. The molecule has 0 spiro atoms. The molecule has 1 amide bonds. The zero-order valence-corrected chi connectivity index (χ0v) is 37.7. The summed E-state index contributed by atoms with van der Waals surface area (Å²) in [6.45, 7) is 18.6. The van der Waals surface area contributed by atoms with Gasteiger partial charge in [-0.05, 0) is 133 Å². The van der Waals surface area contributed by atoms with Crippen molar-refractivity contribution in [2.75, 3.05) is 13.1 Å². The number of alkyl halides is 2. The van der Waals surface area contributed by atoms with Crippen LogP contribution in [0.4, 0.5) is 8.78 Å². The molecule has 7 rings (SSSR count). The van der Waals surface area contributed by atoms with Gasteiger partial charge in [0, 0.05) is 34.4 Å². The van der Waals surface area contributed by atoms with Crippen LogP contribution in [0, 0.1) is 68.0 Å². The summed E-state index contributed by atoms with van der Waals surface area (Å²) in [6.07, 6.45) is 5.97. The lowest BCUT2D eigenvalue weighted by molar-refractivity contribution is -0.238. The van der Waals surface area contributed by atoms with E-state index >= 15 is 8.78 Å². The maximum absolute atomic E-state index is 15.1. The molecule has 0 aliphatic heterocycles. The minimum absolute atomic E-state index is 0.0234. The third kappa shape index (κ3) is 6.88. The maximum Gasteiger partial charge on any atom is 0.338 e. The number of allylic oxidation sites excluding steroid dienone is 1. The van der Waals surface area contributed by atoms with Crippen LogP contribution in [0.15, 0.2) is 35.4 Å². The third-order valence-corrected chi connectivity index (χ3v) is 18.5. The first-order chi connectivity index (χ1) is 27.8. The predicted molar refractivity (Wildman–Crippen MR) is 225 cm³/mol. The highest BCUT2D eigenvalue weighted by Crippen LogP contribution is 2.77. The van der Waals surface area contributed by atoms with Crippen molar-refractivity contribution in [3.05, 3.63) is 46.0 Å². The van der Waals surface area contributed by atoms with E-state index in [1.54, 1.807) is 5.32 Å². The lowest BCUT2D eigenvalue weighted by atomic mass is 9.33. The second-order valence-corrected chi connectivity index (χ2v) is 22.4. The van der Waals surface area contributed by atoms with Gasteiger partial charge in [-0.3, -0.25) is 24.5 Å². The van der Waals surface area contributed by atoms with E-state index < -0.39 is 53.2 Å². The number of aliphatic hydroxyl groups excluding tert-OH is 1. The van der Waals surface area contributed by atoms with Crippen LogP contribution in [0.1, 0.15) is 137 Å². The van der Waals surface area contributed by atoms with Crippen LogP contribution in [0.25, 0.3) is 0 Å². The Morgan fingerprint density at radius 1 is 0.883 bits per heavy atom. The molecule has 4 N–H and O–H groups in total. The number of ether oxygens (including phenoxy) is 1. The van der Waals surface area contributed by atoms with Crippen LogP contribution in [0.3, 0.4) is 0 Å². The summed E-state index contributed by atoms with van der Waals surface area (Å²) >= 11 is 5.89. The van der Waals surface area contributed by atoms with Gasteiger partial charge >= 0.3 is 18.0 Å². The van der Waals surface area contributed by atoms with Crippen LogP contribution >= 0.6 is 11.6 Å². The van der Waals surface area contributed by atoms with Gasteiger partial charge in [0.05, 0.1) is 24.5 Å². The molecule has 60 heavy (non-hydrogen) atoms. The van der Waals surface area contributed by atoms with Crippen LogP contribution in [-0.2, 0) is 19.1 Å². The van der Waals surface area contributed by atoms with Crippen molar-refractivity contribution >= 4 is 35.2 Å². The molecule has 6 aliphatic carbocycles. The fourth-order valence-electron chi connectivity index (χ4n) is 14.7. The monoisotopic (exact) mass is 856 g/mol. The topological polar surface area (TPSA) is 142 Å². The van der Waals surface area contributed by atoms with Crippen LogP contribution in [-0.4, -0.2) is 65.2 Å². The van der Waals surface area contributed by atoms with Gasteiger partial charge in [0.1, 0.15) is 6.10 Å². The average molecular weight is 858 g/mol. The number of aliphatic carboxylic acids is 1. The number of nitrogens with one attached hydrogen (secondary N) is 2. The number of aliphatic hydroxyl groups is 1. The van der Waals surface area contributed by atoms with Crippen molar-refractivity contribution in [3.63, 3.8) is 0 Å². The minimum atomic E-state index is -3.59. The molecule has 1 aromatic carbocycles. The van der Waals surface area contributed by atoms with Crippen LogP contribution in [0.5, 0.6) is 0 Å². The normalized spacial score (nSPS) is 38.5. The van der Waals surface area contributed by atoms with Gasteiger partial charge in [0.15, 0.2) is 5.78 Å². The summed E-state index contributed by atoms with van der Waals surface area (Å²) < 4.78 is 36.5. The molecule has 9 nitrogen and oxygen atoms in total. The number of benzene rings is 1. The molecule has 11 atom stereocenters. The highest BCUT2D eigenvalue weighted by molar-refractivity contribution is 6.30. The summed E-state index contributed by atoms with van der Waals surface area (Å²) in [4.78, 5) is 52.1. The van der Waals surface area contributed by atoms with Crippen molar-refractivity contribution in [1.82, 2.24) is 10.6 Å². The molecule has 0 unspecified atom stereocenters. The lowest BCUT2D eigenvalue weighted by Crippen LogP contribution is -2.66. The van der Waals surface area contributed by atoms with Gasteiger partial charge < -0.3 is 20.3 Å². The van der Waals surface area contributed by atoms with E-state index in [4.69, 9.17) is 16.3 Å². The Balaban J connectivity index is 1.08. The number of esters is 1. The average Bonchev–Trinajstić information content (AvgIpc) is 3.45. The minimum Gasteiger partial charge on any atom is -0.481 e. The number of halogens is 3. The zero-order chi connectivity index (χ0) is 44.2. The second-order valence-electron chi connectivity index (χ2n) is 22.0. The summed E-state index contributed by atoms with van der Waals surface area (Å²) in [6, 6.07) is 2.08. The quantitative estimate of drug-likeness (QED) is 0.128. The molecule has 332 valence electrons. The highest BCUT2D eigenvalue weighted by atomic mass is 35.5. The Morgan fingerprint density at radius 2 is 1.55 bits per heavy atom. The first kappa shape index (κ1) is 45.1. The fourth-order valence-corrected chi connectivity index (χ4v) is 14.8. The number of hydrogen-bond acceptors (Lipinski definition) is 7. The molecule has 0 heterocycles. The number of fused-ring (bicyclic) bond motifs is 7. The molecule has 1 aromatic rings. The third-order valence-electron chi connectivity index (χ3n) is 18.3. The number of carboxylic acid groups (broad SMARTS) is 1. The molecule has 0 radical (unpaired) electrons. The second kappa shape index (κ2) is 15.1. The number of Topliss-reactive ketones (excluding diaryl/α,β-unsaturated/α-hetero) is 1. The first-order valence-electron chi connectivity index (χ1n) is 22.3. The van der Waals surface area contributed by atoms with Gasteiger partial charge in [-0.2, -0.15) is 8.78 Å². The summed E-state index contributed by atoms with van der Waals surface area (Å²) in [5.74, 6) is -2.32. The van der Waals surface area contributed by atoms with Crippen molar-refractivity contribution in [3.8, 4) is 0 Å². The summed E-state index contributed by atoms with van der Waals surface area (Å²) in [5.41, 5.74) is -0.163. The maximum atomic E-state index is 15.1. The number of hydrogen-bond donors (Lipinski definition) is 4. The van der Waals surface area contributed by atoms with E-state index in [-0.39, 0.29) is 69.9 Å². The van der Waals surface area contributed by atoms with Crippen molar-refractivity contribution in [2.45, 2.75) is 145 Å². The van der Waals surface area contributed by atoms with Crippen molar-refractivity contribution < 1.29 is 42.9 Å². The van der Waals surface area contributed by atoms with E-state index in [9.17, 15) is 29.4 Å². The Labute approximate surface area is 359 Å². The Morgan fingerprint density at radius 3 is 2.17 bits per heavy atom. The Kier molecular flexibility index (Phi) is 11.4. The number of ketones is 1. The molecule has 0 bridgehead atoms. The molecule has 0 aromatic heterocycles. The van der Waals surface area contributed by atoms with Crippen LogP contribution in [0.2, 0.25) is 5.02 Å². The highest BCUT2D eigenvalue weighted by Gasteiger charge is 2.71. The molecule has 5 saturated carbocycles. The molecule has 12 heteroatoms. The number of rotatable bonds is 11. The molecule has 6 aliphatic rings. The first-order valence-corrected chi connectivity index (χ1v) is 22.7. The van der Waals surface area contributed by atoms with E-state index in [0.717, 1.165) is 56.1 Å². The van der Waals surface area contributed by atoms with Gasteiger partial charge in [0.2, 0.25) is 0 Å². The van der Waals surface area contributed by atoms with Gasteiger partial charge in [-0.15, -0.1) is 0 Å². The van der Waals surface area contributed by atoms with Crippen LogP contribution < -0.4 is 10.6 Å². The molecule has 0 saturated heterocycles. The standard InChI is InChI=1S/C48H67ClF2N2O7/c1-26(2)37-32(54)23-47(35(55)24-52-25-48(50,51)53-39(56)27-10-12-28(49)13-11-27)21-20-45(8)29(38(37)47)14-15-34-44(7)18-17-36(43(5,6)33(44)16-19-46(34,45)9)60-41(59)31-22-30(40(57)58)42(31,3)4/h10-13,26,29-31,33-36,52,55H,14-25H2,1-9H3,(H,53,56)(H,57,58)/t29-,30+,31-,33+,34-,35+,36+,44+,45-,46-,47+/m1/s1. The van der Waals surface area contributed by atoms with E-state index in [2.05, 4.69) is 39.9 Å². The number of carbonyl (C=O) groups is 4. The zero-order valence-electron chi connectivity index (χ0n) is 37.0. The van der Waals surface area contributed by atoms with Gasteiger partial charge in [-0.25, -0.2) is 0 Å². The SMILES string of the molecule is CC(C)C1=C2[C@H]3CC[C@@H]4[C@@]5(C)CC[C@H](OC(=O)[C@H]6C[C@@H](C(=O)O)C6(C)C)C(C)(C)[C@@H]5CC[C@@]4(C)[C@]3(C)CC[C@@]2([C@@H](O)CNCC(F)(F)NC(=O)c2ccc(Cl)cc2)CC1=O. The smallest absolute Gasteiger partial charge is 0.338 e. The van der Waals surface area contributed by atoms with Gasteiger partial charge in [0.25, 0.3) is 5.91 Å². The molecule has 5 fully saturated rings. The Hall–Kier alpha value is -2.89.